The molecule has 3 nitrogen and oxygen atoms in total. The molecule has 0 saturated heterocycles. The van der Waals surface area contributed by atoms with Crippen molar-refractivity contribution in [3.63, 3.8) is 0 Å². The number of aliphatic hydroxyl groups excluding tert-OH is 1. The Morgan fingerprint density at radius 2 is 1.81 bits per heavy atom. The van der Waals surface area contributed by atoms with Crippen molar-refractivity contribution < 1.29 is 9.84 Å². The van der Waals surface area contributed by atoms with Crippen molar-refractivity contribution in [2.24, 2.45) is 11.1 Å². The number of aliphatic hydroxyl groups is 1. The van der Waals surface area contributed by atoms with Crippen LogP contribution in [0.2, 0.25) is 0 Å². The number of hydrogen-bond donors (Lipinski definition) is 2. The fraction of sp³-hybridized carbons (Fsp3) is 0.667. The second kappa shape index (κ2) is 7.28. The maximum Gasteiger partial charge on any atom is 0.121 e. The number of nitrogens with two attached hydrogens (primary N) is 1. The van der Waals surface area contributed by atoms with Crippen LogP contribution in [0.3, 0.4) is 0 Å². The molecule has 1 atom stereocenters. The number of ether oxygens (including phenoxy) is 1. The molecule has 1 unspecified atom stereocenters. The molecule has 0 aromatic heterocycles. The summed E-state index contributed by atoms with van der Waals surface area (Å²) >= 11 is 0. The fourth-order valence-corrected chi connectivity index (χ4v) is 3.62. The molecular formula is C18H29NO2. The van der Waals surface area contributed by atoms with Crippen LogP contribution in [0.15, 0.2) is 18.2 Å². The van der Waals surface area contributed by atoms with Gasteiger partial charge in [-0.2, -0.15) is 0 Å². The van der Waals surface area contributed by atoms with E-state index in [9.17, 15) is 5.11 Å². The number of aryl methyl sites for hydroxylation is 1. The molecule has 0 spiro atoms. The van der Waals surface area contributed by atoms with Crippen molar-refractivity contribution in [3.8, 4) is 5.75 Å². The lowest BCUT2D eigenvalue weighted by atomic mass is 9.70. The SMILES string of the molecule is COc1ccc(C(O)C2(CN)CCCCCCC2)cc1C. The zero-order chi connectivity index (χ0) is 15.3. The maximum atomic E-state index is 11.0. The topological polar surface area (TPSA) is 55.5 Å². The van der Waals surface area contributed by atoms with Gasteiger partial charge in [-0.3, -0.25) is 0 Å². The third-order valence-electron chi connectivity index (χ3n) is 5.07. The van der Waals surface area contributed by atoms with Crippen LogP contribution in [-0.2, 0) is 0 Å². The number of methoxy groups -OCH3 is 1. The van der Waals surface area contributed by atoms with E-state index in [1.807, 2.05) is 25.1 Å². The van der Waals surface area contributed by atoms with Crippen molar-refractivity contribution in [3.05, 3.63) is 29.3 Å². The summed E-state index contributed by atoms with van der Waals surface area (Å²) in [6.07, 6.45) is 7.74. The van der Waals surface area contributed by atoms with Gasteiger partial charge in [0.2, 0.25) is 0 Å². The first kappa shape index (κ1) is 16.3. The van der Waals surface area contributed by atoms with Crippen LogP contribution in [0.25, 0.3) is 0 Å². The molecule has 1 aromatic rings. The van der Waals surface area contributed by atoms with E-state index >= 15 is 0 Å². The highest BCUT2D eigenvalue weighted by Crippen LogP contribution is 2.44. The minimum Gasteiger partial charge on any atom is -0.496 e. The fourth-order valence-electron chi connectivity index (χ4n) is 3.62. The van der Waals surface area contributed by atoms with Gasteiger partial charge in [0.25, 0.3) is 0 Å². The van der Waals surface area contributed by atoms with Crippen molar-refractivity contribution >= 4 is 0 Å². The van der Waals surface area contributed by atoms with E-state index in [1.54, 1.807) is 7.11 Å². The molecule has 3 N–H and O–H groups in total. The lowest BCUT2D eigenvalue weighted by Gasteiger charge is -2.39. The Bertz CT molecular complexity index is 451. The average molecular weight is 291 g/mol. The summed E-state index contributed by atoms with van der Waals surface area (Å²) in [4.78, 5) is 0. The van der Waals surface area contributed by atoms with Crippen LogP contribution in [-0.4, -0.2) is 18.8 Å². The summed E-state index contributed by atoms with van der Waals surface area (Å²) in [5, 5.41) is 11.0. The molecule has 0 radical (unpaired) electrons. The molecule has 1 aromatic carbocycles. The number of hydrogen-bond acceptors (Lipinski definition) is 3. The summed E-state index contributed by atoms with van der Waals surface area (Å²) in [5.74, 6) is 0.866. The molecule has 21 heavy (non-hydrogen) atoms. The second-order valence-electron chi connectivity index (χ2n) is 6.47. The van der Waals surface area contributed by atoms with E-state index in [2.05, 4.69) is 0 Å². The molecule has 1 aliphatic rings. The standard InChI is InChI=1S/C18H29NO2/c1-14-12-15(8-9-16(14)21-2)17(20)18(13-19)10-6-4-3-5-7-11-18/h8-9,12,17,20H,3-7,10-11,13,19H2,1-2H3. The van der Waals surface area contributed by atoms with Crippen molar-refractivity contribution in [2.45, 2.75) is 58.0 Å². The molecule has 1 fully saturated rings. The molecule has 118 valence electrons. The van der Waals surface area contributed by atoms with Gasteiger partial charge in [-0.25, -0.2) is 0 Å². The molecule has 2 rings (SSSR count). The highest BCUT2D eigenvalue weighted by atomic mass is 16.5. The zero-order valence-corrected chi connectivity index (χ0v) is 13.4. The monoisotopic (exact) mass is 291 g/mol. The molecule has 0 aliphatic heterocycles. The van der Waals surface area contributed by atoms with E-state index < -0.39 is 6.10 Å². The molecule has 1 saturated carbocycles. The Balaban J connectivity index is 2.25. The largest absolute Gasteiger partial charge is 0.496 e. The minimum absolute atomic E-state index is 0.165. The Labute approximate surface area is 128 Å². The van der Waals surface area contributed by atoms with E-state index in [4.69, 9.17) is 10.5 Å². The quantitative estimate of drug-likeness (QED) is 0.888. The highest BCUT2D eigenvalue weighted by molar-refractivity contribution is 5.37. The second-order valence-corrected chi connectivity index (χ2v) is 6.47. The van der Waals surface area contributed by atoms with E-state index in [-0.39, 0.29) is 5.41 Å². The molecule has 0 heterocycles. The average Bonchev–Trinajstić information content (AvgIpc) is 2.47. The van der Waals surface area contributed by atoms with Crippen molar-refractivity contribution in [2.75, 3.05) is 13.7 Å². The summed E-state index contributed by atoms with van der Waals surface area (Å²) in [7, 11) is 1.68. The Morgan fingerprint density at radius 3 is 2.33 bits per heavy atom. The van der Waals surface area contributed by atoms with Crippen LogP contribution >= 0.6 is 0 Å². The van der Waals surface area contributed by atoms with Crippen molar-refractivity contribution in [1.82, 2.24) is 0 Å². The van der Waals surface area contributed by atoms with Gasteiger partial charge in [-0.05, 0) is 43.0 Å². The zero-order valence-electron chi connectivity index (χ0n) is 13.4. The van der Waals surface area contributed by atoms with Gasteiger partial charge in [0, 0.05) is 12.0 Å². The van der Waals surface area contributed by atoms with E-state index in [0.717, 1.165) is 29.7 Å². The van der Waals surface area contributed by atoms with Crippen LogP contribution < -0.4 is 10.5 Å². The lowest BCUT2D eigenvalue weighted by Crippen LogP contribution is -2.37. The summed E-state index contributed by atoms with van der Waals surface area (Å²) < 4.78 is 5.31. The van der Waals surface area contributed by atoms with Crippen molar-refractivity contribution in [1.29, 1.82) is 0 Å². The van der Waals surface area contributed by atoms with Gasteiger partial charge in [0.15, 0.2) is 0 Å². The molecule has 3 heteroatoms. The first-order chi connectivity index (χ1) is 10.1. The van der Waals surface area contributed by atoms with Crippen LogP contribution in [0, 0.1) is 12.3 Å². The summed E-state index contributed by atoms with van der Waals surface area (Å²) in [6.45, 7) is 2.57. The maximum absolute atomic E-state index is 11.0. The van der Waals surface area contributed by atoms with Gasteiger partial charge in [0.1, 0.15) is 5.75 Å². The number of benzene rings is 1. The summed E-state index contributed by atoms with van der Waals surface area (Å²) in [6, 6.07) is 5.97. The van der Waals surface area contributed by atoms with E-state index in [0.29, 0.717) is 6.54 Å². The molecule has 0 amide bonds. The van der Waals surface area contributed by atoms with Gasteiger partial charge >= 0.3 is 0 Å². The third kappa shape index (κ3) is 3.58. The predicted octanol–water partition coefficient (Wildman–Crippen LogP) is 3.73. The first-order valence-corrected chi connectivity index (χ1v) is 8.15. The molecule has 1 aliphatic carbocycles. The summed E-state index contributed by atoms with van der Waals surface area (Å²) in [5.41, 5.74) is 7.97. The Morgan fingerprint density at radius 1 is 1.19 bits per heavy atom. The van der Waals surface area contributed by atoms with E-state index in [1.165, 1.54) is 32.1 Å². The minimum atomic E-state index is -0.481. The number of rotatable bonds is 4. The Kier molecular flexibility index (Phi) is 5.65. The van der Waals surface area contributed by atoms with Gasteiger partial charge in [-0.1, -0.05) is 38.2 Å². The molecule has 0 bridgehead atoms. The smallest absolute Gasteiger partial charge is 0.121 e. The van der Waals surface area contributed by atoms with Crippen LogP contribution in [0.5, 0.6) is 5.75 Å². The van der Waals surface area contributed by atoms with Gasteiger partial charge < -0.3 is 15.6 Å². The first-order valence-electron chi connectivity index (χ1n) is 8.15. The lowest BCUT2D eigenvalue weighted by molar-refractivity contribution is 0.00842. The normalized spacial score (nSPS) is 20.4. The molecular weight excluding hydrogens is 262 g/mol. The third-order valence-corrected chi connectivity index (χ3v) is 5.07. The van der Waals surface area contributed by atoms with Crippen LogP contribution in [0.1, 0.15) is 62.2 Å². The van der Waals surface area contributed by atoms with Gasteiger partial charge in [-0.15, -0.1) is 0 Å². The Hall–Kier alpha value is -1.06. The van der Waals surface area contributed by atoms with Gasteiger partial charge in [0.05, 0.1) is 13.2 Å². The highest BCUT2D eigenvalue weighted by Gasteiger charge is 2.37. The van der Waals surface area contributed by atoms with Crippen LogP contribution in [0.4, 0.5) is 0 Å². The predicted molar refractivity (Wildman–Crippen MR) is 86.5 cm³/mol.